The second-order valence-electron chi connectivity index (χ2n) is 5.04. The van der Waals surface area contributed by atoms with E-state index in [0.29, 0.717) is 28.7 Å². The summed E-state index contributed by atoms with van der Waals surface area (Å²) in [6.07, 6.45) is 2.14. The molecule has 3 N–H and O–H groups in total. The molecule has 1 aromatic carbocycles. The summed E-state index contributed by atoms with van der Waals surface area (Å²) in [5.41, 5.74) is 9.39. The number of pyridine rings is 1. The van der Waals surface area contributed by atoms with E-state index in [4.69, 9.17) is 5.73 Å². The van der Waals surface area contributed by atoms with E-state index in [9.17, 15) is 9.59 Å². The van der Waals surface area contributed by atoms with Gasteiger partial charge in [0.15, 0.2) is 5.78 Å². The third-order valence-corrected chi connectivity index (χ3v) is 3.52. The minimum Gasteiger partial charge on any atom is -0.398 e. The van der Waals surface area contributed by atoms with Gasteiger partial charge in [0.2, 0.25) is 5.91 Å². The Balaban J connectivity index is 2.22. The van der Waals surface area contributed by atoms with Crippen molar-refractivity contribution in [3.63, 3.8) is 0 Å². The first kappa shape index (κ1) is 12.6. The minimum atomic E-state index is -0.148. The van der Waals surface area contributed by atoms with Crippen LogP contribution in [0.3, 0.4) is 0 Å². The third-order valence-electron chi connectivity index (χ3n) is 3.52. The molecule has 0 unspecified atom stereocenters. The van der Waals surface area contributed by atoms with Crippen LogP contribution in [0.4, 0.5) is 11.4 Å². The lowest BCUT2D eigenvalue weighted by Gasteiger charge is -2.17. The number of benzene rings is 1. The highest BCUT2D eigenvalue weighted by atomic mass is 16.1. The maximum absolute atomic E-state index is 12.0. The molecule has 1 heterocycles. The molecule has 1 aromatic heterocycles. The number of aromatic nitrogens is 1. The van der Waals surface area contributed by atoms with Gasteiger partial charge in [-0.05, 0) is 31.0 Å². The Morgan fingerprint density at radius 1 is 1.35 bits per heavy atom. The van der Waals surface area contributed by atoms with Crippen LogP contribution in [0.5, 0.6) is 0 Å². The summed E-state index contributed by atoms with van der Waals surface area (Å²) < 4.78 is 0. The number of fused-ring (bicyclic) bond motifs is 2. The fraction of sp³-hybridized carbons (Fsp3) is 0.267. The average Bonchev–Trinajstić information content (AvgIpc) is 2.39. The van der Waals surface area contributed by atoms with Gasteiger partial charge in [0, 0.05) is 24.4 Å². The summed E-state index contributed by atoms with van der Waals surface area (Å²) in [5.74, 6) is -0.0898. The Kier molecular flexibility index (Phi) is 2.89. The highest BCUT2D eigenvalue weighted by Crippen LogP contribution is 2.32. The number of nitrogens with two attached hydrogens (primary N) is 1. The van der Waals surface area contributed by atoms with E-state index < -0.39 is 0 Å². The van der Waals surface area contributed by atoms with Gasteiger partial charge in [-0.25, -0.2) is 0 Å². The second kappa shape index (κ2) is 4.59. The number of nitrogens with one attached hydrogen (secondary N) is 1. The zero-order valence-electron chi connectivity index (χ0n) is 11.2. The van der Waals surface area contributed by atoms with Crippen molar-refractivity contribution in [1.29, 1.82) is 0 Å². The molecule has 0 saturated heterocycles. The summed E-state index contributed by atoms with van der Waals surface area (Å²) in [4.78, 5) is 27.7. The molecule has 0 bridgehead atoms. The average molecular weight is 269 g/mol. The predicted molar refractivity (Wildman–Crippen MR) is 77.7 cm³/mol. The molecule has 5 heteroatoms. The molecule has 0 spiro atoms. The number of nitrogen functional groups attached to an aromatic ring is 1. The maximum atomic E-state index is 12.0. The lowest BCUT2D eigenvalue weighted by atomic mass is 9.92. The molecule has 0 atom stereocenters. The number of ketones is 1. The van der Waals surface area contributed by atoms with Crippen molar-refractivity contribution in [2.45, 2.75) is 26.2 Å². The lowest BCUT2D eigenvalue weighted by molar-refractivity contribution is -0.114. The lowest BCUT2D eigenvalue weighted by Crippen LogP contribution is -2.16. The van der Waals surface area contributed by atoms with Crippen molar-refractivity contribution in [2.75, 3.05) is 11.1 Å². The number of rotatable bonds is 1. The van der Waals surface area contributed by atoms with E-state index in [2.05, 4.69) is 10.3 Å². The molecule has 0 saturated carbocycles. The normalized spacial score (nSPS) is 14.2. The van der Waals surface area contributed by atoms with Crippen LogP contribution in [0.15, 0.2) is 18.2 Å². The summed E-state index contributed by atoms with van der Waals surface area (Å²) in [6, 6.07) is 5.37. The Labute approximate surface area is 116 Å². The Morgan fingerprint density at radius 2 is 2.15 bits per heavy atom. The SMILES string of the molecule is CC(=O)Nc1ccc2nc3c(c(N)c2c1)C(=O)CCC3. The first-order valence-corrected chi connectivity index (χ1v) is 6.59. The van der Waals surface area contributed by atoms with Crippen LogP contribution in [0.2, 0.25) is 0 Å². The first-order chi connectivity index (χ1) is 9.56. The predicted octanol–water partition coefficient (Wildman–Crippen LogP) is 2.29. The zero-order chi connectivity index (χ0) is 14.3. The fourth-order valence-corrected chi connectivity index (χ4v) is 2.66. The van der Waals surface area contributed by atoms with E-state index in [1.165, 1.54) is 6.92 Å². The minimum absolute atomic E-state index is 0.0584. The molecule has 0 aliphatic heterocycles. The number of carbonyl (C=O) groups is 2. The standard InChI is InChI=1S/C15H15N3O2/c1-8(19)17-9-5-6-11-10(7-9)15(16)14-12(18-11)3-2-4-13(14)20/h5-7H,2-4H2,1H3,(H2,16,18)(H,17,19). The van der Waals surface area contributed by atoms with Gasteiger partial charge in [-0.3, -0.25) is 14.6 Å². The van der Waals surface area contributed by atoms with E-state index >= 15 is 0 Å². The van der Waals surface area contributed by atoms with Crippen molar-refractivity contribution in [3.8, 4) is 0 Å². The Morgan fingerprint density at radius 3 is 2.90 bits per heavy atom. The molecule has 20 heavy (non-hydrogen) atoms. The van der Waals surface area contributed by atoms with Crippen molar-refractivity contribution in [2.24, 2.45) is 0 Å². The molecular weight excluding hydrogens is 254 g/mol. The molecule has 0 fully saturated rings. The molecule has 3 rings (SSSR count). The monoisotopic (exact) mass is 269 g/mol. The van der Waals surface area contributed by atoms with Gasteiger partial charge in [0.05, 0.1) is 22.5 Å². The first-order valence-electron chi connectivity index (χ1n) is 6.59. The van der Waals surface area contributed by atoms with Crippen LogP contribution in [-0.4, -0.2) is 16.7 Å². The molecule has 1 aliphatic rings. The highest BCUT2D eigenvalue weighted by Gasteiger charge is 2.23. The van der Waals surface area contributed by atoms with E-state index in [0.717, 1.165) is 24.1 Å². The van der Waals surface area contributed by atoms with Gasteiger partial charge >= 0.3 is 0 Å². The number of nitrogens with zero attached hydrogens (tertiary/aromatic N) is 1. The van der Waals surface area contributed by atoms with Crippen LogP contribution in [0.1, 0.15) is 35.8 Å². The second-order valence-corrected chi connectivity index (χ2v) is 5.04. The number of hydrogen-bond acceptors (Lipinski definition) is 4. The van der Waals surface area contributed by atoms with Gasteiger partial charge in [-0.1, -0.05) is 0 Å². The van der Waals surface area contributed by atoms with Crippen LogP contribution in [0, 0.1) is 0 Å². The van der Waals surface area contributed by atoms with Crippen LogP contribution < -0.4 is 11.1 Å². The van der Waals surface area contributed by atoms with E-state index in [1.807, 2.05) is 6.07 Å². The highest BCUT2D eigenvalue weighted by molar-refractivity contribution is 6.09. The van der Waals surface area contributed by atoms with Gasteiger partial charge in [0.25, 0.3) is 0 Å². The quantitative estimate of drug-likeness (QED) is 0.831. The topological polar surface area (TPSA) is 85.1 Å². The summed E-state index contributed by atoms with van der Waals surface area (Å²) >= 11 is 0. The Bertz CT molecular complexity index is 737. The van der Waals surface area contributed by atoms with Gasteiger partial charge in [-0.2, -0.15) is 0 Å². The summed E-state index contributed by atoms with van der Waals surface area (Å²) in [6.45, 7) is 1.45. The largest absolute Gasteiger partial charge is 0.398 e. The molecule has 0 radical (unpaired) electrons. The van der Waals surface area contributed by atoms with Crippen molar-refractivity contribution in [3.05, 3.63) is 29.5 Å². The van der Waals surface area contributed by atoms with Crippen LogP contribution >= 0.6 is 0 Å². The molecular formula is C15H15N3O2. The van der Waals surface area contributed by atoms with Crippen molar-refractivity contribution >= 4 is 34.0 Å². The number of carbonyl (C=O) groups excluding carboxylic acids is 2. The smallest absolute Gasteiger partial charge is 0.221 e. The number of Topliss-reactive ketones (excluding diaryl/α,β-unsaturated/α-hetero) is 1. The number of anilines is 2. The summed E-state index contributed by atoms with van der Waals surface area (Å²) in [5, 5.41) is 3.42. The number of hydrogen-bond donors (Lipinski definition) is 2. The third kappa shape index (κ3) is 2.01. The maximum Gasteiger partial charge on any atom is 0.221 e. The van der Waals surface area contributed by atoms with Gasteiger partial charge in [-0.15, -0.1) is 0 Å². The van der Waals surface area contributed by atoms with Crippen LogP contribution in [0.25, 0.3) is 10.9 Å². The molecule has 1 amide bonds. The molecule has 102 valence electrons. The zero-order valence-corrected chi connectivity index (χ0v) is 11.2. The van der Waals surface area contributed by atoms with E-state index in [1.54, 1.807) is 12.1 Å². The van der Waals surface area contributed by atoms with Crippen molar-refractivity contribution < 1.29 is 9.59 Å². The number of aryl methyl sites for hydroxylation is 1. The van der Waals surface area contributed by atoms with E-state index in [-0.39, 0.29) is 11.7 Å². The molecule has 5 nitrogen and oxygen atoms in total. The van der Waals surface area contributed by atoms with Gasteiger partial charge in [0.1, 0.15) is 0 Å². The summed E-state index contributed by atoms with van der Waals surface area (Å²) in [7, 11) is 0. The molecule has 2 aromatic rings. The molecule has 1 aliphatic carbocycles. The number of amides is 1. The fourth-order valence-electron chi connectivity index (χ4n) is 2.66. The Hall–Kier alpha value is -2.43. The van der Waals surface area contributed by atoms with Crippen LogP contribution in [-0.2, 0) is 11.2 Å². The van der Waals surface area contributed by atoms with Crippen molar-refractivity contribution in [1.82, 2.24) is 4.98 Å². The van der Waals surface area contributed by atoms with Gasteiger partial charge < -0.3 is 11.1 Å².